The highest BCUT2D eigenvalue weighted by Gasteiger charge is 2.12. The fraction of sp³-hybridized carbons (Fsp3) is 0.429. The highest BCUT2D eigenvalue weighted by molar-refractivity contribution is 5.87. The molecule has 0 aliphatic heterocycles. The molecule has 5 nitrogen and oxygen atoms in total. The van der Waals surface area contributed by atoms with E-state index in [1.54, 1.807) is 6.92 Å². The summed E-state index contributed by atoms with van der Waals surface area (Å²) in [5.41, 5.74) is 3.41. The van der Waals surface area contributed by atoms with Crippen LogP contribution in [0.5, 0.6) is 0 Å². The summed E-state index contributed by atoms with van der Waals surface area (Å²) in [6, 6.07) is 0. The quantitative estimate of drug-likeness (QED) is 0.269. The molecule has 0 aromatic carbocycles. The van der Waals surface area contributed by atoms with Gasteiger partial charge in [-0.3, -0.25) is 5.73 Å². The summed E-state index contributed by atoms with van der Waals surface area (Å²) in [6.07, 6.45) is -0.617. The van der Waals surface area contributed by atoms with E-state index in [9.17, 15) is 4.79 Å². The standard InChI is InChI=1S/C7H11NO4/c1-5(2)6(9)11-3-4-12-7(8)10/h1,3-4H2,2H3,(H2,8,10)/p+2. The molecule has 0 rings (SSSR count). The molecule has 0 radical (unpaired) electrons. The first kappa shape index (κ1) is 10.6. The maximum absolute atomic E-state index is 10.1. The summed E-state index contributed by atoms with van der Waals surface area (Å²) in [5.74, 6) is -0.241. The lowest BCUT2D eigenvalue weighted by Gasteiger charge is -1.94. The summed E-state index contributed by atoms with van der Waals surface area (Å²) < 4.78 is 9.16. The zero-order valence-corrected chi connectivity index (χ0v) is 7.00. The van der Waals surface area contributed by atoms with Crippen molar-refractivity contribution in [1.82, 2.24) is 0 Å². The van der Waals surface area contributed by atoms with Gasteiger partial charge in [-0.05, 0) is 6.92 Å². The second kappa shape index (κ2) is 5.31. The zero-order valence-electron chi connectivity index (χ0n) is 7.00. The minimum atomic E-state index is -0.617. The van der Waals surface area contributed by atoms with E-state index in [0.717, 1.165) is 0 Å². The van der Waals surface area contributed by atoms with Gasteiger partial charge in [0.05, 0.1) is 5.57 Å². The maximum atomic E-state index is 10.1. The van der Waals surface area contributed by atoms with Crippen LogP contribution in [0.15, 0.2) is 12.2 Å². The maximum Gasteiger partial charge on any atom is 0.512 e. The van der Waals surface area contributed by atoms with Crippen LogP contribution in [0.3, 0.4) is 0 Å². The van der Waals surface area contributed by atoms with E-state index in [1.807, 2.05) is 0 Å². The molecular formula is C7H13NO4+2. The number of carbonyl (C=O) groups is 1. The number of hydrogen-bond donors (Lipinski definition) is 1. The van der Waals surface area contributed by atoms with E-state index >= 15 is 0 Å². The minimum absolute atomic E-state index is 0.0691. The first-order valence-electron chi connectivity index (χ1n) is 3.37. The number of rotatable bonds is 4. The summed E-state index contributed by atoms with van der Waals surface area (Å²) in [6.45, 7) is 5.20. The monoisotopic (exact) mass is 175 g/mol. The number of hydrogen-bond acceptors (Lipinski definition) is 3. The Morgan fingerprint density at radius 1 is 1.50 bits per heavy atom. The van der Waals surface area contributed by atoms with Crippen molar-refractivity contribution < 1.29 is 24.8 Å². The fourth-order valence-corrected chi connectivity index (χ4v) is 0.417. The molecule has 0 saturated heterocycles. The van der Waals surface area contributed by atoms with Crippen molar-refractivity contribution in [3.05, 3.63) is 12.2 Å². The number of carbonyl (C=O) groups excluding carboxylic acids is 2. The summed E-state index contributed by atoms with van der Waals surface area (Å²) in [5, 5.41) is 0. The predicted octanol–water partition coefficient (Wildman–Crippen LogP) is -0.540. The van der Waals surface area contributed by atoms with Gasteiger partial charge in [0.2, 0.25) is 6.61 Å². The van der Waals surface area contributed by atoms with E-state index in [0.29, 0.717) is 5.57 Å². The average Bonchev–Trinajstić information content (AvgIpc) is 1.97. The third-order valence-corrected chi connectivity index (χ3v) is 0.950. The Kier molecular flexibility index (Phi) is 4.71. The second-order valence-corrected chi connectivity index (χ2v) is 2.15. The van der Waals surface area contributed by atoms with Gasteiger partial charge in [0.25, 0.3) is 0 Å². The van der Waals surface area contributed by atoms with E-state index in [4.69, 9.17) is 9.53 Å². The first-order chi connectivity index (χ1) is 5.54. The van der Waals surface area contributed by atoms with Gasteiger partial charge in [-0.25, -0.2) is 0 Å². The van der Waals surface area contributed by atoms with E-state index < -0.39 is 6.09 Å². The summed E-state index contributed by atoms with van der Waals surface area (Å²) in [4.78, 5) is 19.1. The Bertz CT molecular complexity index is 200. The molecule has 68 valence electrons. The number of esters is 1. The second-order valence-electron chi connectivity index (χ2n) is 2.15. The Balaban J connectivity index is 3.38. The largest absolute Gasteiger partial charge is 0.512 e. The van der Waals surface area contributed by atoms with Crippen molar-refractivity contribution in [2.45, 2.75) is 6.92 Å². The van der Waals surface area contributed by atoms with Crippen molar-refractivity contribution in [1.29, 1.82) is 0 Å². The van der Waals surface area contributed by atoms with Gasteiger partial charge >= 0.3 is 12.1 Å². The predicted molar refractivity (Wildman–Crippen MR) is 41.9 cm³/mol. The van der Waals surface area contributed by atoms with Crippen molar-refractivity contribution >= 4 is 12.1 Å². The normalized spacial score (nSPS) is 8.83. The Labute approximate surface area is 70.1 Å². The van der Waals surface area contributed by atoms with Crippen LogP contribution in [0.25, 0.3) is 0 Å². The number of amides is 1. The lowest BCUT2D eigenvalue weighted by Crippen LogP contribution is -2.57. The number of ether oxygens (including phenoxy) is 2. The first-order valence-corrected chi connectivity index (χ1v) is 3.37. The van der Waals surface area contributed by atoms with Gasteiger partial charge < -0.3 is 14.3 Å². The van der Waals surface area contributed by atoms with Gasteiger partial charge in [-0.1, -0.05) is 6.58 Å². The van der Waals surface area contributed by atoms with E-state index in [-0.39, 0.29) is 19.2 Å². The SMILES string of the molecule is C=C(C)C(=[OH+])OCCOC([NH3+])=O. The molecule has 4 N–H and O–H groups in total. The van der Waals surface area contributed by atoms with Gasteiger partial charge in [0.15, 0.2) is 6.61 Å². The van der Waals surface area contributed by atoms with Crippen molar-refractivity contribution in [2.24, 2.45) is 0 Å². The molecule has 12 heavy (non-hydrogen) atoms. The average molecular weight is 175 g/mol. The smallest absolute Gasteiger partial charge is 0.414 e. The molecule has 0 heterocycles. The molecule has 0 aliphatic rings. The molecule has 0 spiro atoms. The van der Waals surface area contributed by atoms with Crippen LogP contribution in [-0.2, 0) is 9.47 Å². The van der Waals surface area contributed by atoms with Crippen LogP contribution >= 0.6 is 0 Å². The molecule has 0 fully saturated rings. The lowest BCUT2D eigenvalue weighted by molar-refractivity contribution is -0.283. The van der Waals surface area contributed by atoms with Crippen molar-refractivity contribution in [3.8, 4) is 0 Å². The van der Waals surface area contributed by atoms with Gasteiger partial charge in [0.1, 0.15) is 0 Å². The van der Waals surface area contributed by atoms with Crippen LogP contribution in [0.2, 0.25) is 0 Å². The zero-order chi connectivity index (χ0) is 9.56. The Morgan fingerprint density at radius 2 is 2.00 bits per heavy atom. The van der Waals surface area contributed by atoms with Crippen molar-refractivity contribution in [3.63, 3.8) is 0 Å². The molecule has 0 aromatic heterocycles. The Hall–Kier alpha value is -1.36. The van der Waals surface area contributed by atoms with Gasteiger partial charge in [-0.15, -0.1) is 0 Å². The van der Waals surface area contributed by atoms with E-state index in [1.165, 1.54) is 0 Å². The molecule has 0 unspecified atom stereocenters. The molecule has 0 aliphatic carbocycles. The molecular weight excluding hydrogens is 162 g/mol. The molecule has 0 atom stereocenters. The third-order valence-electron chi connectivity index (χ3n) is 0.950. The third kappa shape index (κ3) is 5.43. The molecule has 0 aromatic rings. The highest BCUT2D eigenvalue weighted by Crippen LogP contribution is 1.90. The molecule has 5 heteroatoms. The summed E-state index contributed by atoms with van der Waals surface area (Å²) >= 11 is 0. The molecule has 0 bridgehead atoms. The van der Waals surface area contributed by atoms with Crippen LogP contribution in [0, 0.1) is 0 Å². The van der Waals surface area contributed by atoms with Crippen LogP contribution in [0.1, 0.15) is 6.92 Å². The summed E-state index contributed by atoms with van der Waals surface area (Å²) in [7, 11) is 0. The van der Waals surface area contributed by atoms with Crippen LogP contribution in [-0.4, -0.2) is 30.1 Å². The van der Waals surface area contributed by atoms with Gasteiger partial charge in [0, 0.05) is 0 Å². The van der Waals surface area contributed by atoms with Gasteiger partial charge in [-0.2, -0.15) is 4.79 Å². The van der Waals surface area contributed by atoms with E-state index in [2.05, 4.69) is 17.0 Å². The van der Waals surface area contributed by atoms with Crippen LogP contribution < -0.4 is 5.73 Å². The van der Waals surface area contributed by atoms with Crippen molar-refractivity contribution in [2.75, 3.05) is 13.2 Å². The molecule has 0 saturated carbocycles. The number of quaternary nitrogens is 1. The minimum Gasteiger partial charge on any atom is -0.414 e. The Morgan fingerprint density at radius 3 is 2.42 bits per heavy atom. The topological polar surface area (TPSA) is 84.6 Å². The lowest BCUT2D eigenvalue weighted by atomic mass is 10.4. The highest BCUT2D eigenvalue weighted by atomic mass is 16.6. The van der Waals surface area contributed by atoms with Crippen LogP contribution in [0.4, 0.5) is 4.79 Å². The fourth-order valence-electron chi connectivity index (χ4n) is 0.417. The molecule has 1 amide bonds.